The highest BCUT2D eigenvalue weighted by Gasteiger charge is 2.06. The Balaban J connectivity index is 1.70. The molecule has 2 aromatic rings. The Morgan fingerprint density at radius 2 is 0.786 bits per heavy atom. The number of pyridine rings is 2. The van der Waals surface area contributed by atoms with Crippen LogP contribution in [-0.2, 0) is 13.1 Å². The van der Waals surface area contributed by atoms with Crippen molar-refractivity contribution in [3.63, 3.8) is 0 Å². The lowest BCUT2D eigenvalue weighted by atomic mass is 10.1. The fraction of sp³-hybridized carbons (Fsp3) is 0.615. The maximum atomic E-state index is 2.33. The average Bonchev–Trinajstić information content (AvgIpc) is 2.74. The Hall–Kier alpha value is -1.70. The zero-order chi connectivity index (χ0) is 19.9. The van der Waals surface area contributed by atoms with E-state index in [0.29, 0.717) is 0 Å². The van der Waals surface area contributed by atoms with E-state index in [1.165, 1.54) is 88.2 Å². The number of aryl methyl sites for hydroxylation is 2. The van der Waals surface area contributed by atoms with Crippen LogP contribution in [0.5, 0.6) is 0 Å². The van der Waals surface area contributed by atoms with Crippen molar-refractivity contribution in [2.45, 2.75) is 104 Å². The maximum absolute atomic E-state index is 2.33. The summed E-state index contributed by atoms with van der Waals surface area (Å²) in [6.07, 6.45) is 25.2. The van der Waals surface area contributed by atoms with Gasteiger partial charge in [-0.2, -0.15) is 0 Å². The van der Waals surface area contributed by atoms with E-state index >= 15 is 0 Å². The number of hydrogen-bond acceptors (Lipinski definition) is 0. The molecule has 0 N–H and O–H groups in total. The molecule has 0 unspecified atom stereocenters. The van der Waals surface area contributed by atoms with Crippen LogP contribution in [0.4, 0.5) is 0 Å². The Labute approximate surface area is 173 Å². The van der Waals surface area contributed by atoms with Crippen LogP contribution in [0.15, 0.2) is 49.1 Å². The van der Waals surface area contributed by atoms with Gasteiger partial charge in [-0.1, -0.05) is 65.2 Å². The number of aromatic nitrogens is 2. The molecule has 28 heavy (non-hydrogen) atoms. The Kier molecular flexibility index (Phi) is 11.6. The Bertz CT molecular complexity index is 616. The van der Waals surface area contributed by atoms with Gasteiger partial charge in [0.2, 0.25) is 0 Å². The first kappa shape index (κ1) is 22.6. The van der Waals surface area contributed by atoms with Crippen molar-refractivity contribution in [3.05, 3.63) is 49.1 Å². The molecule has 2 heterocycles. The van der Waals surface area contributed by atoms with Crippen molar-refractivity contribution < 1.29 is 9.13 Å². The molecule has 2 aromatic heterocycles. The topological polar surface area (TPSA) is 7.76 Å². The summed E-state index contributed by atoms with van der Waals surface area (Å²) in [6, 6.07) is 9.02. The highest BCUT2D eigenvalue weighted by atomic mass is 14.9. The normalized spacial score (nSPS) is 11.1. The second-order valence-corrected chi connectivity index (χ2v) is 8.18. The molecule has 2 rings (SSSR count). The standard InChI is InChI=1S/C26H42N2/c1-3-5-7-9-10-12-14-20-28-23-17-26(18-24-28)25-15-21-27(22-16-25)19-13-11-8-6-4-2/h15-18,21-24H,3-14,19-20H2,1-2H3/q+2. The van der Waals surface area contributed by atoms with E-state index in [4.69, 9.17) is 0 Å². The molecular formula is C26H42N2+2. The Morgan fingerprint density at radius 1 is 0.464 bits per heavy atom. The summed E-state index contributed by atoms with van der Waals surface area (Å²) in [5, 5.41) is 0. The summed E-state index contributed by atoms with van der Waals surface area (Å²) in [6.45, 7) is 6.83. The number of rotatable bonds is 15. The minimum Gasteiger partial charge on any atom is -0.205 e. The van der Waals surface area contributed by atoms with Gasteiger partial charge in [0.15, 0.2) is 24.8 Å². The first-order valence-electron chi connectivity index (χ1n) is 11.8. The van der Waals surface area contributed by atoms with Crippen molar-refractivity contribution in [2.75, 3.05) is 0 Å². The molecule has 0 aliphatic heterocycles. The first-order valence-corrected chi connectivity index (χ1v) is 11.8. The van der Waals surface area contributed by atoms with Crippen molar-refractivity contribution in [1.29, 1.82) is 0 Å². The second-order valence-electron chi connectivity index (χ2n) is 8.18. The lowest BCUT2D eigenvalue weighted by Gasteiger charge is -2.02. The fourth-order valence-corrected chi connectivity index (χ4v) is 3.75. The smallest absolute Gasteiger partial charge is 0.169 e. The van der Waals surface area contributed by atoms with Gasteiger partial charge in [-0.3, -0.25) is 0 Å². The van der Waals surface area contributed by atoms with Crippen LogP contribution in [0.3, 0.4) is 0 Å². The predicted molar refractivity (Wildman–Crippen MR) is 119 cm³/mol. The summed E-state index contributed by atoms with van der Waals surface area (Å²) in [7, 11) is 0. The van der Waals surface area contributed by atoms with Crippen LogP contribution in [-0.4, -0.2) is 0 Å². The number of unbranched alkanes of at least 4 members (excludes halogenated alkanes) is 10. The lowest BCUT2D eigenvalue weighted by Crippen LogP contribution is -2.33. The number of hydrogen-bond donors (Lipinski definition) is 0. The quantitative estimate of drug-likeness (QED) is 0.241. The van der Waals surface area contributed by atoms with Crippen LogP contribution in [0.1, 0.15) is 90.9 Å². The molecule has 2 nitrogen and oxygen atoms in total. The van der Waals surface area contributed by atoms with E-state index in [0.717, 1.165) is 13.1 Å². The van der Waals surface area contributed by atoms with Gasteiger partial charge in [0, 0.05) is 37.1 Å². The minimum atomic E-state index is 1.14. The third-order valence-corrected chi connectivity index (χ3v) is 5.66. The number of nitrogens with zero attached hydrogens (tertiary/aromatic N) is 2. The molecule has 0 atom stereocenters. The third kappa shape index (κ3) is 8.99. The molecule has 2 heteroatoms. The maximum Gasteiger partial charge on any atom is 0.169 e. The SMILES string of the molecule is CCCCCCCCC[n+]1ccc(-c2cc[n+](CCCCCCC)cc2)cc1. The largest absolute Gasteiger partial charge is 0.205 e. The fourth-order valence-electron chi connectivity index (χ4n) is 3.75. The van der Waals surface area contributed by atoms with E-state index in [1.54, 1.807) is 0 Å². The van der Waals surface area contributed by atoms with Gasteiger partial charge in [-0.25, -0.2) is 9.13 Å². The van der Waals surface area contributed by atoms with Crippen LogP contribution in [0, 0.1) is 0 Å². The summed E-state index contributed by atoms with van der Waals surface area (Å²) in [4.78, 5) is 0. The molecule has 0 saturated heterocycles. The van der Waals surface area contributed by atoms with Gasteiger partial charge in [0.25, 0.3) is 0 Å². The van der Waals surface area contributed by atoms with Crippen molar-refractivity contribution in [2.24, 2.45) is 0 Å². The molecule has 0 aliphatic carbocycles. The van der Waals surface area contributed by atoms with Crippen LogP contribution >= 0.6 is 0 Å². The summed E-state index contributed by atoms with van der Waals surface area (Å²) < 4.78 is 4.65. The van der Waals surface area contributed by atoms with Gasteiger partial charge < -0.3 is 0 Å². The van der Waals surface area contributed by atoms with Crippen molar-refractivity contribution in [3.8, 4) is 11.1 Å². The van der Waals surface area contributed by atoms with Gasteiger partial charge in [-0.15, -0.1) is 0 Å². The zero-order valence-electron chi connectivity index (χ0n) is 18.4. The first-order chi connectivity index (χ1) is 13.8. The molecule has 0 spiro atoms. The summed E-state index contributed by atoms with van der Waals surface area (Å²) >= 11 is 0. The molecule has 0 radical (unpaired) electrons. The van der Waals surface area contributed by atoms with Crippen LogP contribution in [0.2, 0.25) is 0 Å². The van der Waals surface area contributed by atoms with Gasteiger partial charge >= 0.3 is 0 Å². The molecule has 0 saturated carbocycles. The van der Waals surface area contributed by atoms with Crippen molar-refractivity contribution in [1.82, 2.24) is 0 Å². The van der Waals surface area contributed by atoms with E-state index in [2.05, 4.69) is 72.0 Å². The molecule has 0 aliphatic rings. The van der Waals surface area contributed by atoms with E-state index in [-0.39, 0.29) is 0 Å². The summed E-state index contributed by atoms with van der Waals surface area (Å²) in [5.74, 6) is 0. The van der Waals surface area contributed by atoms with E-state index < -0.39 is 0 Å². The molecular weight excluding hydrogens is 340 g/mol. The van der Waals surface area contributed by atoms with Gasteiger partial charge in [0.1, 0.15) is 13.1 Å². The van der Waals surface area contributed by atoms with Crippen LogP contribution in [0.25, 0.3) is 11.1 Å². The Morgan fingerprint density at radius 3 is 1.14 bits per heavy atom. The summed E-state index contributed by atoms with van der Waals surface area (Å²) in [5.41, 5.74) is 2.62. The molecule has 0 amide bonds. The molecule has 0 aromatic carbocycles. The van der Waals surface area contributed by atoms with Gasteiger partial charge in [-0.05, 0) is 24.0 Å². The third-order valence-electron chi connectivity index (χ3n) is 5.66. The average molecular weight is 383 g/mol. The molecule has 154 valence electrons. The minimum absolute atomic E-state index is 1.14. The second kappa shape index (κ2) is 14.3. The van der Waals surface area contributed by atoms with E-state index in [9.17, 15) is 0 Å². The monoisotopic (exact) mass is 382 g/mol. The highest BCUT2D eigenvalue weighted by Crippen LogP contribution is 2.16. The molecule has 0 fully saturated rings. The highest BCUT2D eigenvalue weighted by molar-refractivity contribution is 5.60. The zero-order valence-corrected chi connectivity index (χ0v) is 18.4. The van der Waals surface area contributed by atoms with Crippen molar-refractivity contribution >= 4 is 0 Å². The lowest BCUT2D eigenvalue weighted by molar-refractivity contribution is -0.697. The predicted octanol–water partition coefficient (Wildman–Crippen LogP) is 6.65. The van der Waals surface area contributed by atoms with Gasteiger partial charge in [0.05, 0.1) is 0 Å². The van der Waals surface area contributed by atoms with E-state index in [1.807, 2.05) is 0 Å². The van der Waals surface area contributed by atoms with Crippen LogP contribution < -0.4 is 9.13 Å². The molecule has 0 bridgehead atoms.